The van der Waals surface area contributed by atoms with E-state index in [1.54, 1.807) is 0 Å². The average molecular weight is 523 g/mol. The molecule has 3 heterocycles. The fourth-order valence-corrected chi connectivity index (χ4v) is 5.98. The maximum Gasteiger partial charge on any atom is 0.227 e. The van der Waals surface area contributed by atoms with Crippen LogP contribution in [0, 0.1) is 20.4 Å². The standard InChI is InChI=1S/C21H19Br2ClN4/c1-12-11-28(20-16(22)9-14(24)10-17(20)23)21-19(12)18(8-13(2)26-21)27-6-4-15(25-3)5-7-27/h8-11,15H,4-7H2,1-2H3. The Balaban J connectivity index is 1.89. The van der Waals surface area contributed by atoms with Crippen LogP contribution in [0.15, 0.2) is 33.3 Å². The van der Waals surface area contributed by atoms with E-state index < -0.39 is 0 Å². The molecule has 0 saturated carbocycles. The van der Waals surface area contributed by atoms with Gasteiger partial charge in [-0.05, 0) is 69.5 Å². The van der Waals surface area contributed by atoms with Gasteiger partial charge in [-0.3, -0.25) is 4.57 Å². The molecule has 0 aliphatic carbocycles. The van der Waals surface area contributed by atoms with Gasteiger partial charge in [0.1, 0.15) is 5.65 Å². The quantitative estimate of drug-likeness (QED) is 0.350. The number of aryl methyl sites for hydroxylation is 2. The average Bonchev–Trinajstić information content (AvgIpc) is 2.96. The first-order valence-electron chi connectivity index (χ1n) is 9.14. The van der Waals surface area contributed by atoms with Crippen LogP contribution < -0.4 is 4.90 Å². The van der Waals surface area contributed by atoms with Crippen LogP contribution in [0.2, 0.25) is 5.02 Å². The lowest BCUT2D eigenvalue weighted by Gasteiger charge is -2.30. The molecule has 0 bridgehead atoms. The Morgan fingerprint density at radius 1 is 1.14 bits per heavy atom. The van der Waals surface area contributed by atoms with Gasteiger partial charge in [0.2, 0.25) is 6.04 Å². The summed E-state index contributed by atoms with van der Waals surface area (Å²) in [5, 5.41) is 1.84. The topological polar surface area (TPSA) is 25.4 Å². The molecule has 0 atom stereocenters. The minimum atomic E-state index is 0.154. The summed E-state index contributed by atoms with van der Waals surface area (Å²) in [6, 6.07) is 6.12. The van der Waals surface area contributed by atoms with Crippen LogP contribution in [0.25, 0.3) is 21.6 Å². The molecule has 1 aromatic carbocycles. The van der Waals surface area contributed by atoms with Crippen LogP contribution in [0.4, 0.5) is 5.69 Å². The summed E-state index contributed by atoms with van der Waals surface area (Å²) in [4.78, 5) is 11.0. The highest BCUT2D eigenvalue weighted by atomic mass is 79.9. The number of hydrogen-bond acceptors (Lipinski definition) is 2. The van der Waals surface area contributed by atoms with E-state index in [9.17, 15) is 0 Å². The molecule has 28 heavy (non-hydrogen) atoms. The zero-order valence-corrected chi connectivity index (χ0v) is 19.6. The zero-order chi connectivity index (χ0) is 20.0. The predicted octanol–water partition coefficient (Wildman–Crippen LogP) is 6.71. The molecule has 0 spiro atoms. The molecule has 2 aromatic heterocycles. The van der Waals surface area contributed by atoms with Gasteiger partial charge in [-0.25, -0.2) is 11.6 Å². The minimum absolute atomic E-state index is 0.154. The third-order valence-corrected chi connectivity index (χ3v) is 6.69. The van der Waals surface area contributed by atoms with Gasteiger partial charge in [0.15, 0.2) is 0 Å². The summed E-state index contributed by atoms with van der Waals surface area (Å²) in [6.07, 6.45) is 3.96. The number of piperidine rings is 1. The van der Waals surface area contributed by atoms with Gasteiger partial charge >= 0.3 is 0 Å². The number of anilines is 1. The lowest BCUT2D eigenvalue weighted by molar-refractivity contribution is 0.549. The van der Waals surface area contributed by atoms with Gasteiger partial charge < -0.3 is 9.74 Å². The molecule has 4 rings (SSSR count). The summed E-state index contributed by atoms with van der Waals surface area (Å²) < 4.78 is 3.94. The third kappa shape index (κ3) is 3.45. The van der Waals surface area contributed by atoms with E-state index in [0.29, 0.717) is 5.02 Å². The van der Waals surface area contributed by atoms with E-state index in [1.807, 2.05) is 19.1 Å². The largest absolute Gasteiger partial charge is 0.370 e. The highest BCUT2D eigenvalue weighted by Crippen LogP contribution is 2.39. The molecule has 1 aliphatic heterocycles. The normalized spacial score (nSPS) is 15.2. The third-order valence-electron chi connectivity index (χ3n) is 5.26. The maximum absolute atomic E-state index is 7.30. The number of nitrogens with zero attached hydrogens (tertiary/aromatic N) is 4. The van der Waals surface area contributed by atoms with E-state index in [0.717, 1.165) is 51.9 Å². The van der Waals surface area contributed by atoms with Gasteiger partial charge in [-0.2, -0.15) is 0 Å². The summed E-state index contributed by atoms with van der Waals surface area (Å²) in [7, 11) is 0. The van der Waals surface area contributed by atoms with Crippen molar-refractivity contribution in [1.29, 1.82) is 0 Å². The van der Waals surface area contributed by atoms with E-state index >= 15 is 0 Å². The Morgan fingerprint density at radius 2 is 1.79 bits per heavy atom. The number of hydrogen-bond donors (Lipinski definition) is 0. The van der Waals surface area contributed by atoms with E-state index in [4.69, 9.17) is 23.2 Å². The van der Waals surface area contributed by atoms with Gasteiger partial charge in [-0.15, -0.1) is 0 Å². The van der Waals surface area contributed by atoms with Gasteiger partial charge in [0.05, 0.1) is 5.69 Å². The maximum atomic E-state index is 7.30. The number of rotatable bonds is 2. The molecule has 7 heteroatoms. The first kappa shape index (κ1) is 19.8. The lowest BCUT2D eigenvalue weighted by atomic mass is 10.0. The van der Waals surface area contributed by atoms with Crippen LogP contribution >= 0.6 is 43.5 Å². The van der Waals surface area contributed by atoms with Crippen LogP contribution in [0.5, 0.6) is 0 Å². The molecule has 1 aliphatic rings. The second-order valence-electron chi connectivity index (χ2n) is 7.23. The molecule has 0 amide bonds. The number of aromatic nitrogens is 2. The van der Waals surface area contributed by atoms with Crippen LogP contribution in [-0.2, 0) is 0 Å². The van der Waals surface area contributed by atoms with Crippen molar-refractivity contribution in [3.63, 3.8) is 0 Å². The molecule has 0 unspecified atom stereocenters. The van der Waals surface area contributed by atoms with Crippen molar-refractivity contribution < 1.29 is 0 Å². The Morgan fingerprint density at radius 3 is 2.39 bits per heavy atom. The van der Waals surface area contributed by atoms with Crippen LogP contribution in [-0.4, -0.2) is 28.7 Å². The Kier molecular flexibility index (Phi) is 5.43. The molecular weight excluding hydrogens is 504 g/mol. The highest BCUT2D eigenvalue weighted by molar-refractivity contribution is 9.11. The summed E-state index contributed by atoms with van der Waals surface area (Å²) >= 11 is 13.5. The van der Waals surface area contributed by atoms with Crippen molar-refractivity contribution in [2.75, 3.05) is 18.0 Å². The van der Waals surface area contributed by atoms with E-state index in [1.165, 1.54) is 16.6 Å². The molecule has 1 fully saturated rings. The van der Waals surface area contributed by atoms with E-state index in [-0.39, 0.29) is 6.04 Å². The zero-order valence-electron chi connectivity index (χ0n) is 15.6. The fourth-order valence-electron chi connectivity index (χ4n) is 3.93. The fraction of sp³-hybridized carbons (Fsp3) is 0.333. The van der Waals surface area contributed by atoms with Crippen molar-refractivity contribution in [2.45, 2.75) is 32.7 Å². The van der Waals surface area contributed by atoms with Crippen LogP contribution in [0.3, 0.4) is 0 Å². The summed E-state index contributed by atoms with van der Waals surface area (Å²) in [6.45, 7) is 13.3. The number of pyridine rings is 1. The van der Waals surface area contributed by atoms with Gasteiger partial charge in [0.25, 0.3) is 0 Å². The Hall–Kier alpha value is -1.55. The van der Waals surface area contributed by atoms with Crippen LogP contribution in [0.1, 0.15) is 24.1 Å². The molecular formula is C21H19Br2ClN4. The second-order valence-corrected chi connectivity index (χ2v) is 9.37. The van der Waals surface area contributed by atoms with Crippen molar-refractivity contribution in [2.24, 2.45) is 0 Å². The van der Waals surface area contributed by atoms with Crippen molar-refractivity contribution in [1.82, 2.24) is 9.55 Å². The van der Waals surface area contributed by atoms with Crippen molar-refractivity contribution >= 4 is 60.2 Å². The second kappa shape index (κ2) is 7.70. The Labute approximate surface area is 186 Å². The number of fused-ring (bicyclic) bond motifs is 1. The molecule has 0 N–H and O–H groups in total. The summed E-state index contributed by atoms with van der Waals surface area (Å²) in [5.41, 5.74) is 5.29. The SMILES string of the molecule is [C-]#[N+]C1CCN(c2cc(C)nc3c2c(C)cn3-c2c(Br)cc(Cl)cc2Br)CC1. The highest BCUT2D eigenvalue weighted by Gasteiger charge is 2.26. The van der Waals surface area contributed by atoms with E-state index in [2.05, 4.69) is 65.4 Å². The van der Waals surface area contributed by atoms with Gasteiger partial charge in [-0.1, -0.05) is 11.6 Å². The molecule has 1 saturated heterocycles. The molecule has 4 nitrogen and oxygen atoms in total. The lowest BCUT2D eigenvalue weighted by Crippen LogP contribution is -2.35. The molecule has 0 radical (unpaired) electrons. The van der Waals surface area contributed by atoms with Crippen molar-refractivity contribution in [3.8, 4) is 5.69 Å². The minimum Gasteiger partial charge on any atom is -0.370 e. The molecule has 144 valence electrons. The smallest absolute Gasteiger partial charge is 0.227 e. The Bertz CT molecular complexity index is 1080. The predicted molar refractivity (Wildman–Crippen MR) is 123 cm³/mol. The first-order chi connectivity index (χ1) is 13.4. The first-order valence-corrected chi connectivity index (χ1v) is 11.1. The van der Waals surface area contributed by atoms with Crippen molar-refractivity contribution in [3.05, 3.63) is 61.0 Å². The molecule has 3 aromatic rings. The number of benzene rings is 1. The summed E-state index contributed by atoms with van der Waals surface area (Å²) in [5.74, 6) is 0. The number of halogens is 3. The van der Waals surface area contributed by atoms with Gasteiger partial charge in [0, 0.05) is 62.9 Å². The monoisotopic (exact) mass is 520 g/mol.